The largest absolute Gasteiger partial charge is 0.406 e. The van der Waals surface area contributed by atoms with E-state index in [0.717, 1.165) is 25.9 Å². The van der Waals surface area contributed by atoms with E-state index >= 15 is 0 Å². The molecule has 5 heteroatoms. The van der Waals surface area contributed by atoms with Gasteiger partial charge in [-0.15, -0.1) is 5.10 Å². The zero-order valence-corrected chi connectivity index (χ0v) is 12.2. The third-order valence-corrected chi connectivity index (χ3v) is 3.21. The number of hydrogen-bond donors (Lipinski definition) is 1. The number of aromatic nitrogens is 2. The molecule has 0 spiro atoms. The minimum Gasteiger partial charge on any atom is -0.406 e. The second-order valence-electron chi connectivity index (χ2n) is 4.64. The average molecular weight is 254 g/mol. The molecule has 104 valence electrons. The summed E-state index contributed by atoms with van der Waals surface area (Å²) in [5.41, 5.74) is 0. The molecule has 0 fully saturated rings. The maximum Gasteiger partial charge on any atom is 0.318 e. The van der Waals surface area contributed by atoms with Crippen molar-refractivity contribution in [2.75, 3.05) is 18.0 Å². The molecular weight excluding hydrogens is 228 g/mol. The first-order valence-corrected chi connectivity index (χ1v) is 6.97. The lowest BCUT2D eigenvalue weighted by Crippen LogP contribution is -2.32. The molecule has 5 nitrogen and oxygen atoms in total. The van der Waals surface area contributed by atoms with Crippen LogP contribution in [0.5, 0.6) is 0 Å². The molecule has 1 heterocycles. The second kappa shape index (κ2) is 7.36. The van der Waals surface area contributed by atoms with Crippen molar-refractivity contribution in [2.24, 2.45) is 0 Å². The van der Waals surface area contributed by atoms with Crippen molar-refractivity contribution < 1.29 is 4.42 Å². The molecule has 0 saturated heterocycles. The molecule has 1 aromatic heterocycles. The number of hydrogen-bond acceptors (Lipinski definition) is 5. The molecule has 1 N–H and O–H groups in total. The highest BCUT2D eigenvalue weighted by molar-refractivity contribution is 5.25. The van der Waals surface area contributed by atoms with Gasteiger partial charge in [-0.2, -0.15) is 0 Å². The molecule has 0 amide bonds. The van der Waals surface area contributed by atoms with E-state index < -0.39 is 0 Å². The van der Waals surface area contributed by atoms with Gasteiger partial charge in [-0.25, -0.2) is 0 Å². The second-order valence-corrected chi connectivity index (χ2v) is 4.64. The lowest BCUT2D eigenvalue weighted by molar-refractivity contribution is 0.407. The summed E-state index contributed by atoms with van der Waals surface area (Å²) < 4.78 is 5.76. The molecule has 0 radical (unpaired) electrons. The first kappa shape index (κ1) is 15.0. The molecule has 2 atom stereocenters. The van der Waals surface area contributed by atoms with Gasteiger partial charge < -0.3 is 14.6 Å². The summed E-state index contributed by atoms with van der Waals surface area (Å²) in [6, 6.07) is 1.16. The van der Waals surface area contributed by atoms with Gasteiger partial charge in [0, 0.05) is 12.6 Å². The summed E-state index contributed by atoms with van der Waals surface area (Å²) in [7, 11) is 0. The quantitative estimate of drug-likeness (QED) is 0.773. The van der Waals surface area contributed by atoms with Gasteiger partial charge in [0.15, 0.2) is 0 Å². The Morgan fingerprint density at radius 2 is 1.94 bits per heavy atom. The minimum atomic E-state index is 0.113. The SMILES string of the molecule is CCCNC(C)c1nnc(N(CC)C(C)CC)o1. The molecule has 0 aliphatic rings. The Morgan fingerprint density at radius 1 is 1.22 bits per heavy atom. The fourth-order valence-electron chi connectivity index (χ4n) is 1.82. The summed E-state index contributed by atoms with van der Waals surface area (Å²) in [6.45, 7) is 12.5. The van der Waals surface area contributed by atoms with Gasteiger partial charge in [-0.1, -0.05) is 18.9 Å². The van der Waals surface area contributed by atoms with Gasteiger partial charge in [-0.05, 0) is 40.2 Å². The standard InChI is InChI=1S/C13H26N4O/c1-6-9-14-11(5)12-15-16-13(18-12)17(8-3)10(4)7-2/h10-11,14H,6-9H2,1-5H3. The Hall–Kier alpha value is -1.10. The van der Waals surface area contributed by atoms with Crippen molar-refractivity contribution in [3.05, 3.63) is 5.89 Å². The third-order valence-electron chi connectivity index (χ3n) is 3.21. The Bertz CT molecular complexity index is 339. The first-order chi connectivity index (χ1) is 8.63. The maximum atomic E-state index is 5.76. The number of anilines is 1. The van der Waals surface area contributed by atoms with Crippen LogP contribution < -0.4 is 10.2 Å². The van der Waals surface area contributed by atoms with E-state index in [9.17, 15) is 0 Å². The number of nitrogens with zero attached hydrogens (tertiary/aromatic N) is 3. The molecule has 0 aromatic carbocycles. The van der Waals surface area contributed by atoms with Crippen molar-refractivity contribution in [2.45, 2.75) is 59.5 Å². The number of rotatable bonds is 8. The van der Waals surface area contributed by atoms with Gasteiger partial charge in [0.25, 0.3) is 0 Å². The van der Waals surface area contributed by atoms with Gasteiger partial charge in [0.2, 0.25) is 5.89 Å². The Kier molecular flexibility index (Phi) is 6.12. The van der Waals surface area contributed by atoms with E-state index in [1.54, 1.807) is 0 Å². The summed E-state index contributed by atoms with van der Waals surface area (Å²) in [5, 5.41) is 11.6. The molecule has 18 heavy (non-hydrogen) atoms. The predicted molar refractivity (Wildman–Crippen MR) is 73.8 cm³/mol. The van der Waals surface area contributed by atoms with Crippen LogP contribution in [0.1, 0.15) is 59.4 Å². The molecule has 2 unspecified atom stereocenters. The van der Waals surface area contributed by atoms with Gasteiger partial charge in [0.05, 0.1) is 6.04 Å². The van der Waals surface area contributed by atoms with Crippen molar-refractivity contribution in [3.63, 3.8) is 0 Å². The van der Waals surface area contributed by atoms with Gasteiger partial charge in [-0.3, -0.25) is 0 Å². The lowest BCUT2D eigenvalue weighted by Gasteiger charge is -2.24. The van der Waals surface area contributed by atoms with Crippen LogP contribution in [0.3, 0.4) is 0 Å². The Labute approximate surface area is 110 Å². The molecule has 0 aliphatic carbocycles. The van der Waals surface area contributed by atoms with Crippen LogP contribution in [0.15, 0.2) is 4.42 Å². The zero-order valence-electron chi connectivity index (χ0n) is 12.2. The minimum absolute atomic E-state index is 0.113. The molecule has 0 saturated carbocycles. The van der Waals surface area contributed by atoms with Crippen LogP contribution >= 0.6 is 0 Å². The summed E-state index contributed by atoms with van der Waals surface area (Å²) in [6.07, 6.45) is 2.16. The number of nitrogens with one attached hydrogen (secondary N) is 1. The predicted octanol–water partition coefficient (Wildman–Crippen LogP) is 2.76. The van der Waals surface area contributed by atoms with Crippen molar-refractivity contribution in [3.8, 4) is 0 Å². The topological polar surface area (TPSA) is 54.2 Å². The maximum absolute atomic E-state index is 5.76. The van der Waals surface area contributed by atoms with Crippen LogP contribution in [0.25, 0.3) is 0 Å². The van der Waals surface area contributed by atoms with Crippen molar-refractivity contribution in [1.29, 1.82) is 0 Å². The molecule has 0 aliphatic heterocycles. The monoisotopic (exact) mass is 254 g/mol. The van der Waals surface area contributed by atoms with Crippen LogP contribution in [-0.4, -0.2) is 29.3 Å². The van der Waals surface area contributed by atoms with Crippen molar-refractivity contribution in [1.82, 2.24) is 15.5 Å². The van der Waals surface area contributed by atoms with Crippen molar-refractivity contribution >= 4 is 6.01 Å². The first-order valence-electron chi connectivity index (χ1n) is 6.97. The van der Waals surface area contributed by atoms with E-state index in [2.05, 4.69) is 48.1 Å². The van der Waals surface area contributed by atoms with Crippen LogP contribution in [0, 0.1) is 0 Å². The Balaban J connectivity index is 2.71. The fourth-order valence-corrected chi connectivity index (χ4v) is 1.82. The van der Waals surface area contributed by atoms with E-state index in [0.29, 0.717) is 17.9 Å². The highest BCUT2D eigenvalue weighted by atomic mass is 16.4. The van der Waals surface area contributed by atoms with Gasteiger partial charge in [0.1, 0.15) is 0 Å². The Morgan fingerprint density at radius 3 is 2.50 bits per heavy atom. The summed E-state index contributed by atoms with van der Waals surface area (Å²) in [4.78, 5) is 2.14. The molecule has 1 aromatic rings. The third kappa shape index (κ3) is 3.70. The lowest BCUT2D eigenvalue weighted by atomic mass is 10.2. The fraction of sp³-hybridized carbons (Fsp3) is 0.846. The molecule has 1 rings (SSSR count). The van der Waals surface area contributed by atoms with E-state index in [1.165, 1.54) is 0 Å². The normalized spacial score (nSPS) is 14.5. The van der Waals surface area contributed by atoms with Crippen LogP contribution in [0.2, 0.25) is 0 Å². The van der Waals surface area contributed by atoms with E-state index in [1.807, 2.05) is 6.92 Å². The highest BCUT2D eigenvalue weighted by Crippen LogP contribution is 2.19. The molecule has 0 bridgehead atoms. The average Bonchev–Trinajstić information content (AvgIpc) is 2.86. The molecular formula is C13H26N4O. The van der Waals surface area contributed by atoms with Crippen LogP contribution in [0.4, 0.5) is 6.01 Å². The highest BCUT2D eigenvalue weighted by Gasteiger charge is 2.19. The summed E-state index contributed by atoms with van der Waals surface area (Å²) in [5.74, 6) is 0.667. The van der Waals surface area contributed by atoms with Gasteiger partial charge >= 0.3 is 6.01 Å². The van der Waals surface area contributed by atoms with E-state index in [4.69, 9.17) is 4.42 Å². The summed E-state index contributed by atoms with van der Waals surface area (Å²) >= 11 is 0. The zero-order chi connectivity index (χ0) is 13.5. The van der Waals surface area contributed by atoms with E-state index in [-0.39, 0.29) is 6.04 Å². The van der Waals surface area contributed by atoms with Crippen LogP contribution in [-0.2, 0) is 0 Å². The smallest absolute Gasteiger partial charge is 0.318 e.